The summed E-state index contributed by atoms with van der Waals surface area (Å²) in [6.07, 6.45) is 16.5. The lowest BCUT2D eigenvalue weighted by atomic mass is 9.76. The summed E-state index contributed by atoms with van der Waals surface area (Å²) >= 11 is 0. The molecule has 4 unspecified atom stereocenters. The number of fused-ring (bicyclic) bond motifs is 1. The number of benzene rings is 2. The lowest BCUT2D eigenvalue weighted by Crippen LogP contribution is -2.60. The van der Waals surface area contributed by atoms with Crippen LogP contribution in [0.25, 0.3) is 0 Å². The molecule has 2 aromatic carbocycles. The van der Waals surface area contributed by atoms with Crippen LogP contribution in [-0.2, 0) is 94.9 Å². The van der Waals surface area contributed by atoms with Gasteiger partial charge < -0.3 is 36.2 Å². The van der Waals surface area contributed by atoms with Gasteiger partial charge in [0.25, 0.3) is 50.6 Å². The predicted molar refractivity (Wildman–Crippen MR) is 352 cm³/mol. The Labute approximate surface area is 552 Å². The third-order valence-electron chi connectivity index (χ3n) is 15.7. The molecule has 2 aromatic rings. The molecule has 5 amide bonds. The van der Waals surface area contributed by atoms with Gasteiger partial charge in [0.05, 0.1) is 16.4 Å². The molecule has 0 bridgehead atoms. The zero-order valence-corrected chi connectivity index (χ0v) is 58.0. The number of carbonyl (C=O) groups is 6. The van der Waals surface area contributed by atoms with Crippen molar-refractivity contribution >= 4 is 91.8 Å². The third kappa shape index (κ3) is 28.5. The first-order valence-corrected chi connectivity index (χ1v) is 38.5. The van der Waals surface area contributed by atoms with Gasteiger partial charge in [-0.05, 0) is 131 Å². The predicted octanol–water partition coefficient (Wildman–Crippen LogP) is 5.66. The Kier molecular flexibility index (Phi) is 32.4. The Bertz CT molecular complexity index is 3680. The lowest BCUT2D eigenvalue weighted by molar-refractivity contribution is -0.143. The van der Waals surface area contributed by atoms with E-state index in [9.17, 15) is 93.6 Å². The van der Waals surface area contributed by atoms with Gasteiger partial charge in [0.15, 0.2) is 0 Å². The summed E-state index contributed by atoms with van der Waals surface area (Å²) in [6, 6.07) is 1.67. The zero-order chi connectivity index (χ0) is 70.9. The Balaban J connectivity index is 1.85. The van der Waals surface area contributed by atoms with Crippen molar-refractivity contribution in [1.82, 2.24) is 26.6 Å². The number of rotatable bonds is 43. The highest BCUT2D eigenvalue weighted by molar-refractivity contribution is 7.86. The van der Waals surface area contributed by atoms with Gasteiger partial charge in [-0.15, -0.1) is 0 Å². The molecule has 0 aromatic heterocycles. The van der Waals surface area contributed by atoms with E-state index in [1.807, 2.05) is 49.3 Å². The molecule has 0 saturated carbocycles. The van der Waals surface area contributed by atoms with Crippen molar-refractivity contribution in [3.05, 3.63) is 101 Å². The second-order valence-electron chi connectivity index (χ2n) is 23.7. The van der Waals surface area contributed by atoms with Crippen LogP contribution in [0.5, 0.6) is 0 Å². The molecule has 0 spiro atoms. The number of esters is 1. The summed E-state index contributed by atoms with van der Waals surface area (Å²) in [5.41, 5.74) is 1.94. The minimum Gasteiger partial charge on any atom is -0.466 e. The maximum Gasteiger partial charge on any atom is 0.305 e. The first-order chi connectivity index (χ1) is 43.6. The number of nitrogens with zero attached hydrogens (tertiary/aromatic N) is 1. The van der Waals surface area contributed by atoms with Crippen molar-refractivity contribution in [3.63, 3.8) is 0 Å². The molecule has 1 aliphatic heterocycles. The van der Waals surface area contributed by atoms with Gasteiger partial charge in [0.1, 0.15) is 35.4 Å². The quantitative estimate of drug-likeness (QED) is 0.0166. The van der Waals surface area contributed by atoms with Crippen LogP contribution in [0.2, 0.25) is 0 Å². The van der Waals surface area contributed by atoms with Crippen LogP contribution >= 0.6 is 0 Å². The topological polar surface area (TPSA) is 447 Å². The van der Waals surface area contributed by atoms with E-state index in [0.717, 1.165) is 31.2 Å². The van der Waals surface area contributed by atoms with Crippen LogP contribution in [-0.4, -0.2) is 162 Å². The average Bonchev–Trinajstić information content (AvgIpc) is 1.57. The summed E-state index contributed by atoms with van der Waals surface area (Å²) in [5.74, 6) is -10.5. The minimum atomic E-state index is -5.24. The molecule has 0 fully saturated rings. The van der Waals surface area contributed by atoms with Crippen molar-refractivity contribution in [3.8, 4) is 0 Å². The number of allylic oxidation sites excluding steroid dienone is 7. The number of hydrogen-bond donors (Lipinski definition) is 10. The Morgan fingerprint density at radius 3 is 1.66 bits per heavy atom. The van der Waals surface area contributed by atoms with E-state index in [-0.39, 0.29) is 60.5 Å². The fourth-order valence-corrected chi connectivity index (χ4v) is 13.5. The number of unbranched alkanes of at least 4 members (excludes halogenated alkanes) is 9. The summed E-state index contributed by atoms with van der Waals surface area (Å²) in [5, 5.41) is 11.0. The van der Waals surface area contributed by atoms with Crippen LogP contribution in [0.1, 0.15) is 160 Å². The molecular formula is C61H92N6O22S5. The summed E-state index contributed by atoms with van der Waals surface area (Å²) in [7, 11) is -24.7. The molecule has 0 aliphatic carbocycles. The third-order valence-corrected chi connectivity index (χ3v) is 19.7. The second-order valence-corrected chi connectivity index (χ2v) is 31.0. The van der Waals surface area contributed by atoms with Gasteiger partial charge in [0, 0.05) is 61.1 Å². The molecule has 94 heavy (non-hydrogen) atoms. The first-order valence-electron chi connectivity index (χ1n) is 30.8. The van der Waals surface area contributed by atoms with Gasteiger partial charge in [-0.2, -0.15) is 42.1 Å². The van der Waals surface area contributed by atoms with Crippen molar-refractivity contribution in [1.29, 1.82) is 0 Å². The maximum absolute atomic E-state index is 13.7. The van der Waals surface area contributed by atoms with E-state index in [1.165, 1.54) is 24.3 Å². The van der Waals surface area contributed by atoms with Crippen LogP contribution in [0.3, 0.4) is 0 Å². The number of carbonyl (C=O) groups excluding carboxylic acids is 6. The fraction of sp³-hybridized carbons (Fsp3) is 0.574. The number of anilines is 1. The molecular weight excluding hydrogens is 1330 g/mol. The SMILES string of the molecule is C=C(/C=C/C=C/C=C1\N(CCCCCC(=O)OCC)c2ccc(S(=O)(=O)O)cc2C1(C)CCCCCC(=O)NC(CS(=O)(=O)O)C(=O)NC(CS(=O)(=O)O)C(=O)NC(CS(=O)(=O)O)C(=O)NCCCCCNC(=O)CCCCCC)C(C)(C)c1cc(S(=O)(=O)O)ccc1C. The Hall–Kier alpha value is -6.43. The minimum absolute atomic E-state index is 0.0519. The monoisotopic (exact) mass is 1420 g/mol. The molecule has 10 N–H and O–H groups in total. The number of ether oxygens (including phenoxy) is 1. The van der Waals surface area contributed by atoms with E-state index < -0.39 is 127 Å². The Morgan fingerprint density at radius 2 is 1.10 bits per heavy atom. The van der Waals surface area contributed by atoms with Gasteiger partial charge in [-0.1, -0.05) is 96.2 Å². The van der Waals surface area contributed by atoms with Crippen LogP contribution < -0.4 is 31.5 Å². The molecule has 528 valence electrons. The average molecular weight is 1420 g/mol. The molecule has 3 rings (SSSR count). The lowest BCUT2D eigenvalue weighted by Gasteiger charge is -2.30. The van der Waals surface area contributed by atoms with Crippen molar-refractivity contribution < 1.29 is 98.4 Å². The molecule has 33 heteroatoms. The molecule has 0 radical (unpaired) electrons. The standard InChI is InChI=1S/C61H92N6O22S5/c1-8-10-11-18-27-54(68)62-35-22-15-23-36-63-57(71)49(40-90(74,75)76)65-59(73)51(42-92(80,81)82)66-58(72)50(41-91(77,78)79)64-55(69)28-19-13-21-34-61(7)48-39-46(94(86,87)88)32-33-52(48)67(37-24-14-20-29-56(70)89-9-2)53(61)26-17-12-16-25-44(4)60(5,6)47-38-45(93(83,84)85)31-30-43(47)3/h12,16-17,25-26,30-33,38-39,49-51H,4,8-11,13-15,18-24,27-29,34-37,40-42H2,1-3,5-7H3,(H,62,68)(H,63,71)(H,64,69)(H,65,73)(H,66,72)(H,74,75,76)(H,77,78,79)(H,80,81,82)(H,83,84,85)(H,86,87,88)/b17-12+,25-16+,53-26-. The molecule has 1 heterocycles. The zero-order valence-electron chi connectivity index (χ0n) is 53.9. The van der Waals surface area contributed by atoms with E-state index in [2.05, 4.69) is 22.5 Å². The van der Waals surface area contributed by atoms with E-state index >= 15 is 0 Å². The van der Waals surface area contributed by atoms with E-state index in [4.69, 9.17) is 4.74 Å². The number of hydrogen-bond acceptors (Lipinski definition) is 18. The smallest absolute Gasteiger partial charge is 0.305 e. The number of amides is 5. The normalized spacial score (nSPS) is 16.1. The summed E-state index contributed by atoms with van der Waals surface area (Å²) in [4.78, 5) is 79.4. The van der Waals surface area contributed by atoms with Gasteiger partial charge >= 0.3 is 5.97 Å². The summed E-state index contributed by atoms with van der Waals surface area (Å²) in [6.45, 7) is 16.2. The van der Waals surface area contributed by atoms with Crippen LogP contribution in [0.15, 0.2) is 94.4 Å². The second kappa shape index (κ2) is 37.2. The van der Waals surface area contributed by atoms with Crippen LogP contribution in [0, 0.1) is 6.92 Å². The van der Waals surface area contributed by atoms with Gasteiger partial charge in [0.2, 0.25) is 29.5 Å². The Morgan fingerprint density at radius 1 is 0.596 bits per heavy atom. The maximum atomic E-state index is 13.7. The number of aryl methyl sites for hydroxylation is 1. The molecule has 1 aliphatic rings. The number of nitrogens with one attached hydrogen (secondary N) is 5. The molecule has 4 atom stereocenters. The first kappa shape index (κ1) is 81.8. The molecule has 28 nitrogen and oxygen atoms in total. The van der Waals surface area contributed by atoms with Crippen molar-refractivity contribution in [2.45, 2.75) is 189 Å². The van der Waals surface area contributed by atoms with Crippen molar-refractivity contribution in [2.24, 2.45) is 0 Å². The van der Waals surface area contributed by atoms with Crippen LogP contribution in [0.4, 0.5) is 5.69 Å². The van der Waals surface area contributed by atoms with E-state index in [1.54, 1.807) is 50.3 Å². The van der Waals surface area contributed by atoms with Crippen molar-refractivity contribution in [2.75, 3.05) is 48.4 Å². The summed E-state index contributed by atoms with van der Waals surface area (Å²) < 4.78 is 176. The van der Waals surface area contributed by atoms with Gasteiger partial charge in [-0.25, -0.2) is 0 Å². The largest absolute Gasteiger partial charge is 0.466 e. The van der Waals surface area contributed by atoms with E-state index in [0.29, 0.717) is 92.5 Å². The highest BCUT2D eigenvalue weighted by atomic mass is 32.2. The molecule has 0 saturated heterocycles. The fourth-order valence-electron chi connectivity index (χ4n) is 10.6. The highest BCUT2D eigenvalue weighted by Crippen LogP contribution is 2.51. The van der Waals surface area contributed by atoms with Gasteiger partial charge in [-0.3, -0.25) is 51.5 Å². The highest BCUT2D eigenvalue weighted by Gasteiger charge is 2.44.